The van der Waals surface area contributed by atoms with E-state index in [0.29, 0.717) is 18.0 Å². The number of hydrogen-bond donors (Lipinski definition) is 2. The number of amides is 2. The van der Waals surface area contributed by atoms with Gasteiger partial charge in [0.05, 0.1) is 23.7 Å². The molecule has 9 heteroatoms. The lowest BCUT2D eigenvalue weighted by molar-refractivity contribution is -0.133. The molecule has 142 valence electrons. The van der Waals surface area contributed by atoms with Crippen LogP contribution in [0.5, 0.6) is 0 Å². The maximum atomic E-state index is 12.8. The Labute approximate surface area is 165 Å². The van der Waals surface area contributed by atoms with Crippen molar-refractivity contribution >= 4 is 40.0 Å². The van der Waals surface area contributed by atoms with Crippen molar-refractivity contribution < 1.29 is 14.7 Å². The van der Waals surface area contributed by atoms with E-state index >= 15 is 0 Å². The number of aliphatic hydroxyl groups is 1. The van der Waals surface area contributed by atoms with Crippen molar-refractivity contribution in [3.05, 3.63) is 52.5 Å². The maximum Gasteiger partial charge on any atom is 0.271 e. The lowest BCUT2D eigenvalue weighted by Gasteiger charge is -2.23. The summed E-state index contributed by atoms with van der Waals surface area (Å²) in [5, 5.41) is 14.5. The molecule has 0 bridgehead atoms. The molecule has 2 aromatic rings. The summed E-state index contributed by atoms with van der Waals surface area (Å²) in [6.07, 6.45) is 0. The van der Waals surface area contributed by atoms with Crippen LogP contribution >= 0.6 is 23.1 Å². The third-order valence-corrected chi connectivity index (χ3v) is 5.61. The molecule has 1 aliphatic rings. The maximum absolute atomic E-state index is 12.8. The first kappa shape index (κ1) is 19.5. The van der Waals surface area contributed by atoms with Crippen LogP contribution in [0.3, 0.4) is 0 Å². The van der Waals surface area contributed by atoms with Crippen LogP contribution in [-0.2, 0) is 11.3 Å². The highest BCUT2D eigenvalue weighted by molar-refractivity contribution is 8.14. The Morgan fingerprint density at radius 3 is 2.81 bits per heavy atom. The van der Waals surface area contributed by atoms with Gasteiger partial charge in [0.25, 0.3) is 5.91 Å². The van der Waals surface area contributed by atoms with E-state index in [2.05, 4.69) is 15.3 Å². The number of nitrogens with one attached hydrogen (secondary N) is 1. The van der Waals surface area contributed by atoms with Crippen molar-refractivity contribution in [1.29, 1.82) is 0 Å². The normalized spacial score (nSPS) is 16.0. The molecule has 0 aliphatic carbocycles. The molecular formula is C18H20N4O3S2. The van der Waals surface area contributed by atoms with Gasteiger partial charge >= 0.3 is 0 Å². The molecule has 7 nitrogen and oxygen atoms in total. The van der Waals surface area contributed by atoms with E-state index < -0.39 is 6.04 Å². The van der Waals surface area contributed by atoms with Crippen LogP contribution < -0.4 is 5.32 Å². The average Bonchev–Trinajstić information content (AvgIpc) is 3.38. The zero-order chi connectivity index (χ0) is 19.1. The van der Waals surface area contributed by atoms with Crippen LogP contribution in [0.15, 0.2) is 46.2 Å². The molecule has 2 amide bonds. The SMILES string of the molecule is O=C(NCC1=N[C@@H](C(=O)N(CCO)Cc2ccccc2)CS1)c1cscn1. The Balaban J connectivity index is 1.57. The van der Waals surface area contributed by atoms with E-state index in [9.17, 15) is 14.7 Å². The predicted molar refractivity (Wildman–Crippen MR) is 107 cm³/mol. The quantitative estimate of drug-likeness (QED) is 0.694. The summed E-state index contributed by atoms with van der Waals surface area (Å²) in [4.78, 5) is 34.8. The number of carbonyl (C=O) groups is 2. The minimum absolute atomic E-state index is 0.0985. The first-order valence-electron chi connectivity index (χ1n) is 8.47. The molecule has 1 aliphatic heterocycles. The van der Waals surface area contributed by atoms with Crippen LogP contribution in [0.1, 0.15) is 16.1 Å². The fourth-order valence-corrected chi connectivity index (χ4v) is 4.10. The van der Waals surface area contributed by atoms with Gasteiger partial charge < -0.3 is 15.3 Å². The van der Waals surface area contributed by atoms with Crippen LogP contribution in [0, 0.1) is 0 Å². The van der Waals surface area contributed by atoms with Gasteiger partial charge in [0.2, 0.25) is 5.91 Å². The summed E-state index contributed by atoms with van der Waals surface area (Å²) in [5.41, 5.74) is 2.99. The molecule has 27 heavy (non-hydrogen) atoms. The Hall–Kier alpha value is -2.23. The second kappa shape index (κ2) is 9.63. The van der Waals surface area contributed by atoms with Crippen LogP contribution in [0.2, 0.25) is 0 Å². The van der Waals surface area contributed by atoms with E-state index in [1.165, 1.54) is 23.1 Å². The Morgan fingerprint density at radius 1 is 1.30 bits per heavy atom. The van der Waals surface area contributed by atoms with Gasteiger partial charge in [-0.3, -0.25) is 14.6 Å². The van der Waals surface area contributed by atoms with E-state index in [4.69, 9.17) is 0 Å². The monoisotopic (exact) mass is 404 g/mol. The standard InChI is InChI=1S/C18H20N4O3S2/c23-7-6-22(9-13-4-2-1-3-5-13)18(25)15-11-27-16(21-15)8-19-17(24)14-10-26-12-20-14/h1-5,10,12,15,23H,6-9,11H2,(H,19,24)/t15-/m1/s1. The number of aliphatic hydroxyl groups excluding tert-OH is 1. The van der Waals surface area contributed by atoms with Crippen LogP contribution in [-0.4, -0.2) is 63.3 Å². The van der Waals surface area contributed by atoms with Crippen molar-refractivity contribution in [1.82, 2.24) is 15.2 Å². The molecule has 0 unspecified atom stereocenters. The third kappa shape index (κ3) is 5.38. The van der Waals surface area contributed by atoms with Crippen molar-refractivity contribution in [3.8, 4) is 0 Å². The highest BCUT2D eigenvalue weighted by atomic mass is 32.2. The first-order valence-corrected chi connectivity index (χ1v) is 10.4. The van der Waals surface area contributed by atoms with Crippen LogP contribution in [0.4, 0.5) is 0 Å². The van der Waals surface area contributed by atoms with E-state index in [1.807, 2.05) is 30.3 Å². The summed E-state index contributed by atoms with van der Waals surface area (Å²) >= 11 is 2.83. The summed E-state index contributed by atoms with van der Waals surface area (Å²) in [6, 6.07) is 9.17. The zero-order valence-corrected chi connectivity index (χ0v) is 16.2. The minimum atomic E-state index is -0.489. The Morgan fingerprint density at radius 2 is 2.11 bits per heavy atom. The van der Waals surface area contributed by atoms with Gasteiger partial charge in [0.1, 0.15) is 11.7 Å². The Bertz CT molecular complexity index is 796. The van der Waals surface area contributed by atoms with Crippen LogP contribution in [0.25, 0.3) is 0 Å². The fraction of sp³-hybridized carbons (Fsp3) is 0.333. The van der Waals surface area contributed by atoms with Gasteiger partial charge in [0, 0.05) is 24.2 Å². The van der Waals surface area contributed by atoms with Crippen molar-refractivity contribution in [2.24, 2.45) is 4.99 Å². The highest BCUT2D eigenvalue weighted by Gasteiger charge is 2.29. The second-order valence-corrected chi connectivity index (χ2v) is 7.69. The van der Waals surface area contributed by atoms with E-state index in [0.717, 1.165) is 10.6 Å². The van der Waals surface area contributed by atoms with Crippen molar-refractivity contribution in [2.75, 3.05) is 25.4 Å². The van der Waals surface area contributed by atoms with Gasteiger partial charge in [-0.05, 0) is 5.56 Å². The minimum Gasteiger partial charge on any atom is -0.395 e. The molecule has 1 aromatic heterocycles. The number of nitrogens with zero attached hydrogens (tertiary/aromatic N) is 3. The molecular weight excluding hydrogens is 384 g/mol. The molecule has 1 atom stereocenters. The molecule has 0 radical (unpaired) electrons. The molecule has 2 N–H and O–H groups in total. The largest absolute Gasteiger partial charge is 0.395 e. The first-order chi connectivity index (χ1) is 13.2. The molecule has 0 saturated heterocycles. The molecule has 0 saturated carbocycles. The predicted octanol–water partition coefficient (Wildman–Crippen LogP) is 1.41. The fourth-order valence-electron chi connectivity index (χ4n) is 2.62. The van der Waals surface area contributed by atoms with Gasteiger partial charge in [-0.15, -0.1) is 23.1 Å². The summed E-state index contributed by atoms with van der Waals surface area (Å²) in [5.74, 6) is 0.179. The van der Waals surface area contributed by atoms with Gasteiger partial charge in [-0.25, -0.2) is 4.98 Å². The number of carbonyl (C=O) groups excluding carboxylic acids is 2. The summed E-state index contributed by atoms with van der Waals surface area (Å²) in [6.45, 7) is 0.884. The van der Waals surface area contributed by atoms with E-state index in [1.54, 1.807) is 15.8 Å². The lowest BCUT2D eigenvalue weighted by Crippen LogP contribution is -2.40. The number of thioether (sulfide) groups is 1. The molecule has 0 fully saturated rings. The number of hydrogen-bond acceptors (Lipinski definition) is 7. The van der Waals surface area contributed by atoms with E-state index in [-0.39, 0.29) is 31.5 Å². The third-order valence-electron chi connectivity index (χ3n) is 3.96. The molecule has 0 spiro atoms. The number of aromatic nitrogens is 1. The highest BCUT2D eigenvalue weighted by Crippen LogP contribution is 2.20. The summed E-state index contributed by atoms with van der Waals surface area (Å²) < 4.78 is 0. The van der Waals surface area contributed by atoms with Gasteiger partial charge in [0.15, 0.2) is 0 Å². The van der Waals surface area contributed by atoms with Crippen molar-refractivity contribution in [3.63, 3.8) is 0 Å². The average molecular weight is 405 g/mol. The van der Waals surface area contributed by atoms with Gasteiger partial charge in [-0.2, -0.15) is 0 Å². The number of aliphatic imine (C=N–C) groups is 1. The molecule has 1 aromatic carbocycles. The second-order valence-electron chi connectivity index (χ2n) is 5.87. The number of rotatable bonds is 8. The molecule has 3 rings (SSSR count). The Kier molecular flexibility index (Phi) is 6.97. The summed E-state index contributed by atoms with van der Waals surface area (Å²) in [7, 11) is 0. The lowest BCUT2D eigenvalue weighted by atomic mass is 10.2. The van der Waals surface area contributed by atoms with Crippen molar-refractivity contribution in [2.45, 2.75) is 12.6 Å². The molecule has 2 heterocycles. The smallest absolute Gasteiger partial charge is 0.271 e. The number of benzene rings is 1. The topological polar surface area (TPSA) is 94.9 Å². The zero-order valence-electron chi connectivity index (χ0n) is 14.6. The number of thiazole rings is 1. The van der Waals surface area contributed by atoms with Gasteiger partial charge in [-0.1, -0.05) is 30.3 Å².